The number of rotatable bonds is 7. The van der Waals surface area contributed by atoms with Gasteiger partial charge in [0, 0.05) is 23.7 Å². The molecule has 3 aromatic rings. The maximum Gasteiger partial charge on any atom is 0.238 e. The minimum absolute atomic E-state index is 0.0806. The lowest BCUT2D eigenvalue weighted by atomic mass is 10.3. The summed E-state index contributed by atoms with van der Waals surface area (Å²) in [7, 11) is 0. The van der Waals surface area contributed by atoms with Crippen molar-refractivity contribution in [3.8, 4) is 5.69 Å². The van der Waals surface area contributed by atoms with Crippen LogP contribution in [-0.2, 0) is 4.79 Å². The standard InChI is InChI=1S/C20H24N6OS/c1-13(2)26-17(11-12-21-26)22-19(27)14(3)28-20-24-23-18(15-9-10-15)25(20)16-7-5-4-6-8-16/h4-8,11-15H,9-10H2,1-3H3,(H,22,27). The van der Waals surface area contributed by atoms with Gasteiger partial charge in [-0.3, -0.25) is 9.36 Å². The number of carbonyl (C=O) groups excluding carboxylic acids is 1. The van der Waals surface area contributed by atoms with Crippen LogP contribution >= 0.6 is 11.8 Å². The molecule has 1 saturated carbocycles. The second-order valence-corrected chi connectivity index (χ2v) is 8.60. The molecule has 1 amide bonds. The molecule has 28 heavy (non-hydrogen) atoms. The highest BCUT2D eigenvalue weighted by Crippen LogP contribution is 2.41. The Hall–Kier alpha value is -2.61. The Kier molecular flexibility index (Phi) is 5.21. The van der Waals surface area contributed by atoms with Gasteiger partial charge in [0.1, 0.15) is 11.6 Å². The van der Waals surface area contributed by atoms with Crippen LogP contribution in [0.5, 0.6) is 0 Å². The van der Waals surface area contributed by atoms with E-state index in [1.54, 1.807) is 10.9 Å². The summed E-state index contributed by atoms with van der Waals surface area (Å²) in [5.74, 6) is 2.07. The molecule has 1 aromatic carbocycles. The Morgan fingerprint density at radius 2 is 1.89 bits per heavy atom. The fourth-order valence-electron chi connectivity index (χ4n) is 3.05. The highest BCUT2D eigenvalue weighted by Gasteiger charge is 2.32. The first-order valence-electron chi connectivity index (χ1n) is 9.56. The van der Waals surface area contributed by atoms with Crippen LogP contribution in [0.15, 0.2) is 47.8 Å². The Bertz CT molecular complexity index is 960. The first kappa shape index (κ1) is 18.7. The van der Waals surface area contributed by atoms with E-state index in [9.17, 15) is 4.79 Å². The van der Waals surface area contributed by atoms with Gasteiger partial charge in [0.05, 0.1) is 11.4 Å². The van der Waals surface area contributed by atoms with Crippen LogP contribution < -0.4 is 5.32 Å². The minimum atomic E-state index is -0.325. The minimum Gasteiger partial charge on any atom is -0.310 e. The molecule has 0 aliphatic heterocycles. The Balaban J connectivity index is 1.54. The smallest absolute Gasteiger partial charge is 0.238 e. The summed E-state index contributed by atoms with van der Waals surface area (Å²) in [6.45, 7) is 5.95. The van der Waals surface area contributed by atoms with Crippen molar-refractivity contribution < 1.29 is 4.79 Å². The number of hydrogen-bond donors (Lipinski definition) is 1. The molecule has 1 atom stereocenters. The zero-order valence-corrected chi connectivity index (χ0v) is 17.1. The zero-order chi connectivity index (χ0) is 19.7. The van der Waals surface area contributed by atoms with Gasteiger partial charge >= 0.3 is 0 Å². The number of amides is 1. The molecule has 146 valence electrons. The van der Waals surface area contributed by atoms with Crippen LogP contribution in [0.3, 0.4) is 0 Å². The molecule has 1 aliphatic carbocycles. The number of anilines is 1. The van der Waals surface area contributed by atoms with Gasteiger partial charge in [-0.2, -0.15) is 5.10 Å². The number of nitrogens with one attached hydrogen (secondary N) is 1. The summed E-state index contributed by atoms with van der Waals surface area (Å²) in [5, 5.41) is 16.5. The summed E-state index contributed by atoms with van der Waals surface area (Å²) >= 11 is 1.42. The number of benzene rings is 1. The van der Waals surface area contributed by atoms with Crippen molar-refractivity contribution in [2.45, 2.75) is 56.0 Å². The van der Waals surface area contributed by atoms with Crippen molar-refractivity contribution in [3.63, 3.8) is 0 Å². The molecule has 0 radical (unpaired) electrons. The molecule has 1 fully saturated rings. The van der Waals surface area contributed by atoms with Crippen LogP contribution in [0.1, 0.15) is 51.4 Å². The predicted octanol–water partition coefficient (Wildman–Crippen LogP) is 4.04. The van der Waals surface area contributed by atoms with E-state index in [-0.39, 0.29) is 17.2 Å². The molecule has 4 rings (SSSR count). The van der Waals surface area contributed by atoms with Crippen LogP contribution in [0, 0.1) is 0 Å². The average Bonchev–Trinajstić information content (AvgIpc) is 3.28. The fourth-order valence-corrected chi connectivity index (χ4v) is 3.92. The van der Waals surface area contributed by atoms with Crippen LogP contribution in [-0.4, -0.2) is 35.7 Å². The number of hydrogen-bond acceptors (Lipinski definition) is 5. The molecule has 0 bridgehead atoms. The van der Waals surface area contributed by atoms with Gasteiger partial charge in [-0.1, -0.05) is 30.0 Å². The van der Waals surface area contributed by atoms with Crippen LogP contribution in [0.4, 0.5) is 5.82 Å². The van der Waals surface area contributed by atoms with Crippen LogP contribution in [0.2, 0.25) is 0 Å². The summed E-state index contributed by atoms with van der Waals surface area (Å²) in [4.78, 5) is 12.8. The summed E-state index contributed by atoms with van der Waals surface area (Å²) in [6, 6.07) is 12.1. The quantitative estimate of drug-likeness (QED) is 0.610. The van der Waals surface area contributed by atoms with E-state index in [4.69, 9.17) is 0 Å². The SMILES string of the molecule is CC(Sc1nnc(C2CC2)n1-c1ccccc1)C(=O)Nc1ccnn1C(C)C. The van der Waals surface area contributed by atoms with Crippen molar-refractivity contribution >= 4 is 23.5 Å². The van der Waals surface area contributed by atoms with E-state index in [0.717, 1.165) is 29.5 Å². The molecule has 0 saturated heterocycles. The second kappa shape index (κ2) is 7.79. The molecule has 0 spiro atoms. The van der Waals surface area contributed by atoms with Gasteiger partial charge in [-0.05, 0) is 45.7 Å². The van der Waals surface area contributed by atoms with Crippen LogP contribution in [0.25, 0.3) is 5.69 Å². The van der Waals surface area contributed by atoms with E-state index >= 15 is 0 Å². The lowest BCUT2D eigenvalue weighted by molar-refractivity contribution is -0.115. The van der Waals surface area contributed by atoms with Crippen molar-refractivity contribution in [2.75, 3.05) is 5.32 Å². The van der Waals surface area contributed by atoms with Gasteiger partial charge in [-0.15, -0.1) is 10.2 Å². The Morgan fingerprint density at radius 1 is 1.14 bits per heavy atom. The number of thioether (sulfide) groups is 1. The zero-order valence-electron chi connectivity index (χ0n) is 16.2. The fraction of sp³-hybridized carbons (Fsp3) is 0.400. The molecular formula is C20H24N6OS. The van der Waals surface area contributed by atoms with E-state index in [0.29, 0.717) is 11.7 Å². The van der Waals surface area contributed by atoms with Gasteiger partial charge in [-0.25, -0.2) is 4.68 Å². The van der Waals surface area contributed by atoms with E-state index in [1.807, 2.05) is 57.2 Å². The van der Waals surface area contributed by atoms with E-state index in [2.05, 4.69) is 25.2 Å². The highest BCUT2D eigenvalue weighted by molar-refractivity contribution is 8.00. The van der Waals surface area contributed by atoms with Gasteiger partial charge < -0.3 is 5.32 Å². The maximum absolute atomic E-state index is 12.8. The summed E-state index contributed by atoms with van der Waals surface area (Å²) in [6.07, 6.45) is 3.98. The largest absolute Gasteiger partial charge is 0.310 e. The van der Waals surface area contributed by atoms with Gasteiger partial charge in [0.15, 0.2) is 5.16 Å². The monoisotopic (exact) mass is 396 g/mol. The molecular weight excluding hydrogens is 372 g/mol. The predicted molar refractivity (Wildman–Crippen MR) is 110 cm³/mol. The first-order valence-corrected chi connectivity index (χ1v) is 10.4. The number of aromatic nitrogens is 5. The average molecular weight is 397 g/mol. The molecule has 2 aromatic heterocycles. The molecule has 1 unspecified atom stereocenters. The number of nitrogens with zero attached hydrogens (tertiary/aromatic N) is 5. The van der Waals surface area contributed by atoms with Crippen molar-refractivity contribution in [1.29, 1.82) is 0 Å². The number of para-hydroxylation sites is 1. The topological polar surface area (TPSA) is 77.6 Å². The summed E-state index contributed by atoms with van der Waals surface area (Å²) in [5.41, 5.74) is 1.03. The normalized spacial score (nSPS) is 15.0. The third-order valence-corrected chi connectivity index (χ3v) is 5.72. The van der Waals surface area contributed by atoms with Gasteiger partial charge in [0.25, 0.3) is 0 Å². The lowest BCUT2D eigenvalue weighted by Crippen LogP contribution is -2.25. The van der Waals surface area contributed by atoms with Crippen molar-refractivity contribution in [1.82, 2.24) is 24.5 Å². The maximum atomic E-state index is 12.8. The third kappa shape index (κ3) is 3.82. The molecule has 7 nitrogen and oxygen atoms in total. The Labute approximate surface area is 168 Å². The second-order valence-electron chi connectivity index (χ2n) is 7.29. The van der Waals surface area contributed by atoms with E-state index < -0.39 is 0 Å². The number of carbonyl (C=O) groups is 1. The first-order chi connectivity index (χ1) is 13.5. The van der Waals surface area contributed by atoms with E-state index in [1.165, 1.54) is 11.8 Å². The highest BCUT2D eigenvalue weighted by atomic mass is 32.2. The third-order valence-electron chi connectivity index (χ3n) is 4.68. The lowest BCUT2D eigenvalue weighted by Gasteiger charge is -2.15. The molecule has 8 heteroatoms. The molecule has 1 aliphatic rings. The molecule has 1 N–H and O–H groups in total. The van der Waals surface area contributed by atoms with Crippen molar-refractivity contribution in [3.05, 3.63) is 48.4 Å². The van der Waals surface area contributed by atoms with Crippen molar-refractivity contribution in [2.24, 2.45) is 0 Å². The van der Waals surface area contributed by atoms with Gasteiger partial charge in [0.2, 0.25) is 5.91 Å². The molecule has 2 heterocycles. The Morgan fingerprint density at radius 3 is 2.57 bits per heavy atom. The summed E-state index contributed by atoms with van der Waals surface area (Å²) < 4.78 is 3.89.